The molecule has 0 atom stereocenters. The van der Waals surface area contributed by atoms with Crippen LogP contribution in [0.25, 0.3) is 0 Å². The van der Waals surface area contributed by atoms with Crippen molar-refractivity contribution in [3.8, 4) is 0 Å². The first-order valence-electron chi connectivity index (χ1n) is 5.58. The average Bonchev–Trinajstić information content (AvgIpc) is 2.83. The van der Waals surface area contributed by atoms with Gasteiger partial charge in [-0.2, -0.15) is 0 Å². The zero-order chi connectivity index (χ0) is 14.7. The quantitative estimate of drug-likeness (QED) is 0.852. The van der Waals surface area contributed by atoms with Crippen molar-refractivity contribution < 1.29 is 13.6 Å². The van der Waals surface area contributed by atoms with E-state index in [9.17, 15) is 9.18 Å². The highest BCUT2D eigenvalue weighted by Gasteiger charge is 2.13. The molecule has 1 amide bonds. The summed E-state index contributed by atoms with van der Waals surface area (Å²) in [5.74, 6) is -0.935. The van der Waals surface area contributed by atoms with E-state index >= 15 is 0 Å². The van der Waals surface area contributed by atoms with Gasteiger partial charge in [0.05, 0.1) is 11.8 Å². The number of carbonyl (C=O) groups is 1. The van der Waals surface area contributed by atoms with Crippen molar-refractivity contribution in [2.24, 2.45) is 5.73 Å². The Morgan fingerprint density at radius 2 is 2.20 bits per heavy atom. The molecule has 0 spiro atoms. The summed E-state index contributed by atoms with van der Waals surface area (Å²) in [4.78, 5) is 11.9. The number of benzene rings is 1. The summed E-state index contributed by atoms with van der Waals surface area (Å²) in [6.07, 6.45) is 1.30. The third-order valence-corrected chi connectivity index (χ3v) is 3.17. The van der Waals surface area contributed by atoms with Crippen LogP contribution in [0.2, 0.25) is 5.22 Å². The number of rotatable bonds is 4. The third kappa shape index (κ3) is 3.15. The van der Waals surface area contributed by atoms with Gasteiger partial charge in [0.25, 0.3) is 5.91 Å². The highest BCUT2D eigenvalue weighted by atomic mass is 35.5. The van der Waals surface area contributed by atoms with Crippen molar-refractivity contribution in [2.75, 3.05) is 0 Å². The van der Waals surface area contributed by atoms with E-state index in [-0.39, 0.29) is 22.3 Å². The highest BCUT2D eigenvalue weighted by molar-refractivity contribution is 7.80. The lowest BCUT2D eigenvalue weighted by molar-refractivity contribution is 0.0950. The van der Waals surface area contributed by atoms with Gasteiger partial charge in [-0.15, -0.1) is 0 Å². The van der Waals surface area contributed by atoms with Crippen molar-refractivity contribution in [1.29, 1.82) is 0 Å². The van der Waals surface area contributed by atoms with Crippen LogP contribution < -0.4 is 11.1 Å². The van der Waals surface area contributed by atoms with Crippen LogP contribution in [0.1, 0.15) is 21.5 Å². The molecular weight excluding hydrogens is 303 g/mol. The second-order valence-electron chi connectivity index (χ2n) is 3.96. The van der Waals surface area contributed by atoms with E-state index in [0.717, 1.165) is 0 Å². The Bertz CT molecular complexity index is 672. The van der Waals surface area contributed by atoms with Crippen LogP contribution in [0, 0.1) is 5.82 Å². The maximum Gasteiger partial charge on any atom is 0.256 e. The van der Waals surface area contributed by atoms with Crippen LogP contribution in [0.5, 0.6) is 0 Å². The molecular formula is C13H10ClFN2O2S. The van der Waals surface area contributed by atoms with Crippen molar-refractivity contribution in [2.45, 2.75) is 6.54 Å². The molecule has 1 heterocycles. The summed E-state index contributed by atoms with van der Waals surface area (Å²) in [5, 5.41) is 2.54. The molecule has 0 fully saturated rings. The lowest BCUT2D eigenvalue weighted by atomic mass is 10.1. The molecule has 20 heavy (non-hydrogen) atoms. The van der Waals surface area contributed by atoms with Crippen LogP contribution in [0.4, 0.5) is 4.39 Å². The molecule has 0 unspecified atom stereocenters. The largest absolute Gasteiger partial charge is 0.452 e. The number of carbonyl (C=O) groups excluding carboxylic acids is 1. The number of hydrogen-bond acceptors (Lipinski definition) is 3. The van der Waals surface area contributed by atoms with Gasteiger partial charge in [0, 0.05) is 17.7 Å². The Balaban J connectivity index is 2.06. The van der Waals surface area contributed by atoms with Gasteiger partial charge in [0.1, 0.15) is 10.8 Å². The first kappa shape index (κ1) is 14.5. The summed E-state index contributed by atoms with van der Waals surface area (Å²) >= 11 is 10.4. The minimum Gasteiger partial charge on any atom is -0.452 e. The van der Waals surface area contributed by atoms with Crippen LogP contribution in [0.15, 0.2) is 34.9 Å². The molecule has 2 rings (SSSR count). The zero-order valence-electron chi connectivity index (χ0n) is 10.2. The van der Waals surface area contributed by atoms with Gasteiger partial charge in [-0.3, -0.25) is 4.79 Å². The molecule has 0 aliphatic carbocycles. The maximum absolute atomic E-state index is 13.8. The Morgan fingerprint density at radius 1 is 1.45 bits per heavy atom. The normalized spacial score (nSPS) is 10.3. The van der Waals surface area contributed by atoms with Gasteiger partial charge in [0.2, 0.25) is 5.22 Å². The molecule has 0 bridgehead atoms. The number of thiocarbonyl (C=S) groups is 1. The van der Waals surface area contributed by atoms with E-state index < -0.39 is 11.7 Å². The number of amides is 1. The maximum atomic E-state index is 13.8. The number of nitrogens with two attached hydrogens (primary N) is 1. The number of halogens is 2. The van der Waals surface area contributed by atoms with Crippen molar-refractivity contribution >= 4 is 34.7 Å². The van der Waals surface area contributed by atoms with E-state index in [0.29, 0.717) is 11.1 Å². The topological polar surface area (TPSA) is 68.3 Å². The van der Waals surface area contributed by atoms with Gasteiger partial charge in [-0.05, 0) is 23.7 Å². The van der Waals surface area contributed by atoms with Crippen LogP contribution in [-0.2, 0) is 6.54 Å². The Morgan fingerprint density at radius 3 is 2.75 bits per heavy atom. The molecule has 0 aliphatic heterocycles. The van der Waals surface area contributed by atoms with Gasteiger partial charge in [-0.1, -0.05) is 24.4 Å². The van der Waals surface area contributed by atoms with Crippen LogP contribution in [-0.4, -0.2) is 10.9 Å². The fourth-order valence-electron chi connectivity index (χ4n) is 1.57. The highest BCUT2D eigenvalue weighted by Crippen LogP contribution is 2.17. The molecule has 2 aromatic rings. The monoisotopic (exact) mass is 312 g/mol. The fraction of sp³-hybridized carbons (Fsp3) is 0.0769. The molecule has 4 nitrogen and oxygen atoms in total. The molecule has 1 aromatic heterocycles. The number of hydrogen-bond donors (Lipinski definition) is 2. The van der Waals surface area contributed by atoms with E-state index in [2.05, 4.69) is 5.32 Å². The minimum absolute atomic E-state index is 0.00759. The van der Waals surface area contributed by atoms with E-state index in [1.807, 2.05) is 0 Å². The van der Waals surface area contributed by atoms with Crippen LogP contribution in [0.3, 0.4) is 0 Å². The molecule has 0 saturated carbocycles. The van der Waals surface area contributed by atoms with E-state index in [1.165, 1.54) is 24.5 Å². The number of furan rings is 1. The lowest BCUT2D eigenvalue weighted by Crippen LogP contribution is -2.23. The average molecular weight is 313 g/mol. The molecule has 3 N–H and O–H groups in total. The summed E-state index contributed by atoms with van der Waals surface area (Å²) in [5.41, 5.74) is 6.36. The standard InChI is InChI=1S/C13H10ClFN2O2S/c14-11-9(3-4-19-11)13(18)17-6-8-2-1-7(12(16)20)5-10(8)15/h1-5H,6H2,(H2,16,20)(H,17,18). The zero-order valence-corrected chi connectivity index (χ0v) is 11.7. The Labute approximate surface area is 124 Å². The summed E-state index contributed by atoms with van der Waals surface area (Å²) in [6, 6.07) is 5.78. The lowest BCUT2D eigenvalue weighted by Gasteiger charge is -2.07. The second-order valence-corrected chi connectivity index (χ2v) is 4.74. The van der Waals surface area contributed by atoms with Crippen molar-refractivity contribution in [3.63, 3.8) is 0 Å². The molecule has 104 valence electrons. The molecule has 7 heteroatoms. The van der Waals surface area contributed by atoms with Gasteiger partial charge in [-0.25, -0.2) is 4.39 Å². The first-order chi connectivity index (χ1) is 9.49. The Hall–Kier alpha value is -1.92. The smallest absolute Gasteiger partial charge is 0.256 e. The minimum atomic E-state index is -0.492. The van der Waals surface area contributed by atoms with Gasteiger partial charge < -0.3 is 15.5 Å². The first-order valence-corrected chi connectivity index (χ1v) is 6.37. The van der Waals surface area contributed by atoms with Crippen molar-refractivity contribution in [1.82, 2.24) is 5.32 Å². The summed E-state index contributed by atoms with van der Waals surface area (Å²) < 4.78 is 18.6. The number of nitrogens with one attached hydrogen (secondary N) is 1. The predicted octanol–water partition coefficient (Wildman–Crippen LogP) is 2.64. The van der Waals surface area contributed by atoms with Crippen LogP contribution >= 0.6 is 23.8 Å². The Kier molecular flexibility index (Phi) is 4.36. The predicted molar refractivity (Wildman–Crippen MR) is 77.2 cm³/mol. The van der Waals surface area contributed by atoms with Crippen molar-refractivity contribution in [3.05, 3.63) is 58.3 Å². The van der Waals surface area contributed by atoms with E-state index in [4.69, 9.17) is 34.0 Å². The van der Waals surface area contributed by atoms with E-state index in [1.54, 1.807) is 6.07 Å². The fourth-order valence-corrected chi connectivity index (χ4v) is 1.90. The van der Waals surface area contributed by atoms with Gasteiger partial charge >= 0.3 is 0 Å². The third-order valence-electron chi connectivity index (χ3n) is 2.64. The molecule has 0 saturated heterocycles. The SMILES string of the molecule is NC(=S)c1ccc(CNC(=O)c2ccoc2Cl)c(F)c1. The molecule has 0 radical (unpaired) electrons. The molecule has 0 aliphatic rings. The van der Waals surface area contributed by atoms with Gasteiger partial charge in [0.15, 0.2) is 0 Å². The summed E-state index contributed by atoms with van der Waals surface area (Å²) in [6.45, 7) is 0.0176. The summed E-state index contributed by atoms with van der Waals surface area (Å²) in [7, 11) is 0. The second kappa shape index (κ2) is 6.02. The molecule has 1 aromatic carbocycles.